The van der Waals surface area contributed by atoms with E-state index in [1.54, 1.807) is 19.3 Å². The number of hydrogen-bond donors (Lipinski definition) is 4. The molecule has 3 aromatic rings. The summed E-state index contributed by atoms with van der Waals surface area (Å²) in [6, 6.07) is 8.71. The third-order valence-corrected chi connectivity index (χ3v) is 6.26. The van der Waals surface area contributed by atoms with E-state index in [9.17, 15) is 9.59 Å². The molecule has 1 aliphatic heterocycles. The number of halogens is 2. The molecule has 0 aliphatic carbocycles. The van der Waals surface area contributed by atoms with Crippen LogP contribution in [0.3, 0.4) is 0 Å². The van der Waals surface area contributed by atoms with E-state index in [2.05, 4.69) is 25.9 Å². The van der Waals surface area contributed by atoms with Gasteiger partial charge in [0.1, 0.15) is 11.7 Å². The average molecular weight is 474 g/mol. The number of aromatic nitrogens is 2. The molecule has 168 valence electrons. The monoisotopic (exact) mass is 473 g/mol. The van der Waals surface area contributed by atoms with Crippen LogP contribution in [-0.2, 0) is 22.6 Å². The number of fused-ring (bicyclic) bond motifs is 1. The van der Waals surface area contributed by atoms with E-state index < -0.39 is 6.04 Å². The summed E-state index contributed by atoms with van der Waals surface area (Å²) in [6.45, 7) is 2.73. The fourth-order valence-corrected chi connectivity index (χ4v) is 4.41. The van der Waals surface area contributed by atoms with Crippen LogP contribution in [0.5, 0.6) is 0 Å². The van der Waals surface area contributed by atoms with Crippen LogP contribution in [0.2, 0.25) is 10.0 Å². The standard InChI is InChI=1S/C23H25Cl2N5O2/c1-13(22(31)29-11-16-7-18-19(25)12-28-21(18)27-10-16)30-23(32)20-8-15(9-26-20)5-14-3-2-4-17(24)6-14/h2-4,6-7,10,12-13,15,20,26H,5,8-9,11H2,1H3,(H,27,28)(H,29,31)(H,30,32)/t13?,15-,20+/m0/s1. The summed E-state index contributed by atoms with van der Waals surface area (Å²) in [5.74, 6) is -0.0773. The molecule has 32 heavy (non-hydrogen) atoms. The lowest BCUT2D eigenvalue weighted by atomic mass is 9.96. The average Bonchev–Trinajstić information content (AvgIpc) is 3.39. The maximum atomic E-state index is 12.6. The van der Waals surface area contributed by atoms with Gasteiger partial charge in [0, 0.05) is 29.3 Å². The number of carbonyl (C=O) groups is 2. The summed E-state index contributed by atoms with van der Waals surface area (Å²) >= 11 is 12.2. The minimum atomic E-state index is -0.649. The Kier molecular flexibility index (Phi) is 6.98. The molecular weight excluding hydrogens is 449 g/mol. The van der Waals surface area contributed by atoms with E-state index in [0.29, 0.717) is 23.1 Å². The van der Waals surface area contributed by atoms with Gasteiger partial charge in [0.2, 0.25) is 11.8 Å². The zero-order valence-electron chi connectivity index (χ0n) is 17.6. The van der Waals surface area contributed by atoms with Crippen molar-refractivity contribution in [2.45, 2.75) is 38.4 Å². The SMILES string of the molecule is CC(NC(=O)[C@H]1C[C@H](Cc2cccc(Cl)c2)CN1)C(=O)NCc1cnc2[nH]cc(Cl)c2c1. The molecule has 0 radical (unpaired) electrons. The summed E-state index contributed by atoms with van der Waals surface area (Å²) in [6.07, 6.45) is 4.93. The van der Waals surface area contributed by atoms with Crippen LogP contribution in [-0.4, -0.2) is 40.4 Å². The molecule has 7 nitrogen and oxygen atoms in total. The van der Waals surface area contributed by atoms with Crippen molar-refractivity contribution >= 4 is 46.0 Å². The Balaban J connectivity index is 1.24. The van der Waals surface area contributed by atoms with Crippen molar-refractivity contribution in [2.75, 3.05) is 6.54 Å². The van der Waals surface area contributed by atoms with Crippen molar-refractivity contribution in [3.63, 3.8) is 0 Å². The van der Waals surface area contributed by atoms with Crippen LogP contribution in [0.25, 0.3) is 11.0 Å². The van der Waals surface area contributed by atoms with Crippen LogP contribution in [0.4, 0.5) is 0 Å². The van der Waals surface area contributed by atoms with Crippen LogP contribution < -0.4 is 16.0 Å². The second kappa shape index (κ2) is 9.90. The molecule has 1 unspecified atom stereocenters. The predicted octanol–water partition coefficient (Wildman–Crippen LogP) is 3.21. The molecule has 0 saturated carbocycles. The van der Waals surface area contributed by atoms with E-state index in [1.807, 2.05) is 30.3 Å². The molecule has 1 aliphatic rings. The molecule has 1 aromatic carbocycles. The first-order valence-corrected chi connectivity index (χ1v) is 11.3. The Morgan fingerprint density at radius 3 is 2.91 bits per heavy atom. The number of hydrogen-bond acceptors (Lipinski definition) is 4. The molecule has 2 aromatic heterocycles. The Hall–Kier alpha value is -2.61. The Labute approximate surface area is 196 Å². The van der Waals surface area contributed by atoms with Gasteiger partial charge in [-0.1, -0.05) is 35.3 Å². The van der Waals surface area contributed by atoms with Crippen molar-refractivity contribution in [1.82, 2.24) is 25.9 Å². The molecule has 3 atom stereocenters. The molecule has 2 amide bonds. The number of pyridine rings is 1. The van der Waals surface area contributed by atoms with Crippen LogP contribution in [0, 0.1) is 5.92 Å². The Morgan fingerprint density at radius 2 is 2.09 bits per heavy atom. The first kappa shape index (κ1) is 22.6. The Morgan fingerprint density at radius 1 is 1.25 bits per heavy atom. The fourth-order valence-electron chi connectivity index (χ4n) is 3.99. The van der Waals surface area contributed by atoms with Crippen molar-refractivity contribution in [3.05, 3.63) is 63.9 Å². The quantitative estimate of drug-likeness (QED) is 0.423. The molecule has 4 rings (SSSR count). The van der Waals surface area contributed by atoms with E-state index in [-0.39, 0.29) is 17.9 Å². The van der Waals surface area contributed by atoms with Crippen LogP contribution in [0.1, 0.15) is 24.5 Å². The number of aromatic amines is 1. The van der Waals surface area contributed by atoms with Gasteiger partial charge in [-0.25, -0.2) is 4.98 Å². The number of nitrogens with one attached hydrogen (secondary N) is 4. The molecule has 1 saturated heterocycles. The van der Waals surface area contributed by atoms with Gasteiger partial charge in [-0.3, -0.25) is 9.59 Å². The lowest BCUT2D eigenvalue weighted by Gasteiger charge is -2.17. The van der Waals surface area contributed by atoms with Crippen molar-refractivity contribution < 1.29 is 9.59 Å². The maximum absolute atomic E-state index is 12.6. The zero-order valence-corrected chi connectivity index (χ0v) is 19.1. The normalized spacial score (nSPS) is 19.1. The Bertz CT molecular complexity index is 1130. The molecule has 4 N–H and O–H groups in total. The van der Waals surface area contributed by atoms with Gasteiger partial charge in [0.25, 0.3) is 0 Å². The van der Waals surface area contributed by atoms with Crippen LogP contribution >= 0.6 is 23.2 Å². The van der Waals surface area contributed by atoms with Gasteiger partial charge in [0.15, 0.2) is 0 Å². The largest absolute Gasteiger partial charge is 0.350 e. The van der Waals surface area contributed by atoms with Gasteiger partial charge < -0.3 is 20.9 Å². The number of H-pyrrole nitrogens is 1. The number of carbonyl (C=O) groups excluding carboxylic acids is 2. The predicted molar refractivity (Wildman–Crippen MR) is 126 cm³/mol. The highest BCUT2D eigenvalue weighted by Crippen LogP contribution is 2.22. The van der Waals surface area contributed by atoms with Crippen molar-refractivity contribution in [2.24, 2.45) is 5.92 Å². The zero-order chi connectivity index (χ0) is 22.7. The van der Waals surface area contributed by atoms with E-state index in [4.69, 9.17) is 23.2 Å². The molecule has 1 fully saturated rings. The summed E-state index contributed by atoms with van der Waals surface area (Å²) < 4.78 is 0. The highest BCUT2D eigenvalue weighted by Gasteiger charge is 2.30. The number of amides is 2. The minimum absolute atomic E-state index is 0.163. The van der Waals surface area contributed by atoms with E-state index in [1.165, 1.54) is 0 Å². The van der Waals surface area contributed by atoms with E-state index in [0.717, 1.165) is 40.9 Å². The second-order valence-electron chi connectivity index (χ2n) is 8.22. The molecular formula is C23H25Cl2N5O2. The lowest BCUT2D eigenvalue weighted by molar-refractivity contribution is -0.129. The summed E-state index contributed by atoms with van der Waals surface area (Å²) in [5, 5.41) is 11.0. The maximum Gasteiger partial charge on any atom is 0.242 e. The summed E-state index contributed by atoms with van der Waals surface area (Å²) in [5.41, 5.74) is 2.68. The summed E-state index contributed by atoms with van der Waals surface area (Å²) in [7, 11) is 0. The second-order valence-corrected chi connectivity index (χ2v) is 9.06. The van der Waals surface area contributed by atoms with Gasteiger partial charge in [0.05, 0.1) is 11.1 Å². The fraction of sp³-hybridized carbons (Fsp3) is 0.348. The smallest absolute Gasteiger partial charge is 0.242 e. The highest BCUT2D eigenvalue weighted by atomic mass is 35.5. The van der Waals surface area contributed by atoms with Gasteiger partial charge in [-0.05, 0) is 61.6 Å². The number of nitrogens with zero attached hydrogens (tertiary/aromatic N) is 1. The molecule has 0 bridgehead atoms. The third-order valence-electron chi connectivity index (χ3n) is 5.71. The molecule has 3 heterocycles. The van der Waals surface area contributed by atoms with Crippen molar-refractivity contribution in [1.29, 1.82) is 0 Å². The molecule has 9 heteroatoms. The minimum Gasteiger partial charge on any atom is -0.350 e. The number of rotatable bonds is 7. The van der Waals surface area contributed by atoms with E-state index >= 15 is 0 Å². The third kappa shape index (κ3) is 5.41. The number of benzene rings is 1. The lowest BCUT2D eigenvalue weighted by Crippen LogP contribution is -2.49. The van der Waals surface area contributed by atoms with Gasteiger partial charge in [-0.15, -0.1) is 0 Å². The summed E-state index contributed by atoms with van der Waals surface area (Å²) in [4.78, 5) is 32.4. The van der Waals surface area contributed by atoms with Crippen molar-refractivity contribution in [3.8, 4) is 0 Å². The highest BCUT2D eigenvalue weighted by molar-refractivity contribution is 6.35. The van der Waals surface area contributed by atoms with Gasteiger partial charge in [-0.2, -0.15) is 0 Å². The van der Waals surface area contributed by atoms with Gasteiger partial charge >= 0.3 is 0 Å². The first-order valence-electron chi connectivity index (χ1n) is 10.6. The van der Waals surface area contributed by atoms with Crippen LogP contribution in [0.15, 0.2) is 42.7 Å². The first-order chi connectivity index (χ1) is 15.4. The topological polar surface area (TPSA) is 98.9 Å². The molecule has 0 spiro atoms.